The Kier molecular flexibility index (Phi) is 35.6. The van der Waals surface area contributed by atoms with E-state index < -0.39 is 38.6 Å². The SMILES string of the molecule is CC/C=C\C/C=C\CC(O)/C=C/C=C\C/C=C\C/C=C\CCC(=O)OC(COC(=O)CCCCCCC/C=C\CCCCCC)COP(=O)(O)OCC[N+](C)(C)C. The number of phosphoric acid groups is 1. The number of quaternary nitrogens is 1. The van der Waals surface area contributed by atoms with Crippen molar-refractivity contribution in [2.45, 2.75) is 148 Å². The average Bonchev–Trinajstić information content (AvgIpc) is 3.15. The van der Waals surface area contributed by atoms with E-state index in [1.807, 2.05) is 69.8 Å². The molecule has 0 heterocycles. The van der Waals surface area contributed by atoms with Crippen molar-refractivity contribution in [3.63, 3.8) is 0 Å². The first-order chi connectivity index (χ1) is 27.4. The van der Waals surface area contributed by atoms with E-state index in [1.54, 1.807) is 6.08 Å². The predicted molar refractivity (Wildman–Crippen MR) is 235 cm³/mol. The molecule has 2 N–H and O–H groups in total. The van der Waals surface area contributed by atoms with Gasteiger partial charge in [-0.3, -0.25) is 18.6 Å². The molecule has 0 aliphatic rings. The van der Waals surface area contributed by atoms with Crippen LogP contribution >= 0.6 is 7.82 Å². The Labute approximate surface area is 346 Å². The number of hydrogen-bond donors (Lipinski definition) is 2. The molecule has 326 valence electrons. The highest BCUT2D eigenvalue weighted by atomic mass is 31.2. The highest BCUT2D eigenvalue weighted by Crippen LogP contribution is 2.43. The van der Waals surface area contributed by atoms with Gasteiger partial charge in [-0.05, 0) is 70.6 Å². The number of carbonyl (C=O) groups is 2. The summed E-state index contributed by atoms with van der Waals surface area (Å²) in [5, 5.41) is 10.0. The summed E-state index contributed by atoms with van der Waals surface area (Å²) < 4.78 is 34.1. The van der Waals surface area contributed by atoms with Crippen LogP contribution in [0.2, 0.25) is 0 Å². The first kappa shape index (κ1) is 54.2. The van der Waals surface area contributed by atoms with Gasteiger partial charge in [0.2, 0.25) is 0 Å². The van der Waals surface area contributed by atoms with Crippen molar-refractivity contribution in [1.82, 2.24) is 0 Å². The highest BCUT2D eigenvalue weighted by Gasteiger charge is 2.27. The second-order valence-corrected chi connectivity index (χ2v) is 16.6. The van der Waals surface area contributed by atoms with Crippen molar-refractivity contribution < 1.29 is 47.2 Å². The molecule has 0 aromatic carbocycles. The second kappa shape index (κ2) is 37.4. The molecule has 0 aliphatic carbocycles. The maximum Gasteiger partial charge on any atom is 0.472 e. The predicted octanol–water partition coefficient (Wildman–Crippen LogP) is 11.0. The number of nitrogens with zero attached hydrogens (tertiary/aromatic N) is 1. The minimum Gasteiger partial charge on any atom is -0.462 e. The molecular formula is C46H79NO9P+. The summed E-state index contributed by atoms with van der Waals surface area (Å²) in [6.07, 6.45) is 43.9. The molecule has 10 nitrogen and oxygen atoms in total. The number of likely N-dealkylation sites (N-methyl/N-ethyl adjacent to an activating group) is 1. The zero-order valence-electron chi connectivity index (χ0n) is 36.1. The smallest absolute Gasteiger partial charge is 0.462 e. The number of unbranched alkanes of at least 4 members (excludes halogenated alkanes) is 9. The summed E-state index contributed by atoms with van der Waals surface area (Å²) in [4.78, 5) is 35.3. The fraction of sp³-hybridized carbons (Fsp3) is 0.652. The quantitative estimate of drug-likeness (QED) is 0.0157. The molecule has 0 amide bonds. The van der Waals surface area contributed by atoms with Crippen LogP contribution in [0.3, 0.4) is 0 Å². The topological polar surface area (TPSA) is 129 Å². The van der Waals surface area contributed by atoms with Crippen LogP contribution in [0.5, 0.6) is 0 Å². The summed E-state index contributed by atoms with van der Waals surface area (Å²) in [5.74, 6) is -0.946. The molecule has 0 aromatic rings. The van der Waals surface area contributed by atoms with Crippen molar-refractivity contribution >= 4 is 19.8 Å². The number of rotatable bonds is 37. The molecule has 3 atom stereocenters. The maximum absolute atomic E-state index is 12.6. The number of esters is 2. The van der Waals surface area contributed by atoms with E-state index >= 15 is 0 Å². The first-order valence-corrected chi connectivity index (χ1v) is 22.9. The molecule has 0 spiro atoms. The van der Waals surface area contributed by atoms with Crippen molar-refractivity contribution in [2.24, 2.45) is 0 Å². The molecule has 3 unspecified atom stereocenters. The summed E-state index contributed by atoms with van der Waals surface area (Å²) in [7, 11) is 1.38. The number of allylic oxidation sites excluding steroid dienone is 12. The van der Waals surface area contributed by atoms with E-state index in [0.29, 0.717) is 36.7 Å². The van der Waals surface area contributed by atoms with Gasteiger partial charge in [0, 0.05) is 12.8 Å². The summed E-state index contributed by atoms with van der Waals surface area (Å²) in [6, 6.07) is 0. The second-order valence-electron chi connectivity index (χ2n) is 15.2. The van der Waals surface area contributed by atoms with Crippen molar-refractivity contribution in [2.75, 3.05) is 47.5 Å². The Morgan fingerprint density at radius 2 is 1.25 bits per heavy atom. The fourth-order valence-electron chi connectivity index (χ4n) is 5.12. The molecule has 0 bridgehead atoms. The van der Waals surface area contributed by atoms with Crippen LogP contribution in [-0.2, 0) is 32.7 Å². The fourth-order valence-corrected chi connectivity index (χ4v) is 5.86. The van der Waals surface area contributed by atoms with Gasteiger partial charge in [-0.2, -0.15) is 0 Å². The third-order valence-corrected chi connectivity index (χ3v) is 9.49. The molecule has 0 aliphatic heterocycles. The van der Waals surface area contributed by atoms with Gasteiger partial charge in [0.25, 0.3) is 0 Å². The van der Waals surface area contributed by atoms with Gasteiger partial charge < -0.3 is 24.0 Å². The van der Waals surface area contributed by atoms with Crippen LogP contribution in [0, 0.1) is 0 Å². The maximum atomic E-state index is 12.6. The van der Waals surface area contributed by atoms with Gasteiger partial charge in [0.15, 0.2) is 6.10 Å². The molecule has 0 saturated heterocycles. The number of phosphoric ester groups is 1. The van der Waals surface area contributed by atoms with Crippen LogP contribution in [0.15, 0.2) is 85.1 Å². The minimum absolute atomic E-state index is 0.00323. The third-order valence-electron chi connectivity index (χ3n) is 8.50. The van der Waals surface area contributed by atoms with E-state index in [9.17, 15) is 24.2 Å². The largest absolute Gasteiger partial charge is 0.472 e. The van der Waals surface area contributed by atoms with E-state index in [0.717, 1.165) is 57.8 Å². The van der Waals surface area contributed by atoms with Gasteiger partial charge in [-0.25, -0.2) is 4.57 Å². The number of aliphatic hydroxyl groups excluding tert-OH is 1. The number of hydrogen-bond acceptors (Lipinski definition) is 8. The standard InChI is InChI=1S/C46H78NO9P/c1-6-8-10-12-14-15-16-17-18-22-25-29-33-37-45(49)53-41-44(42-55-57(51,52)54-40-39-47(3,4)5)56-46(50)38-34-30-26-23-20-19-21-24-28-32-36-43(48)35-31-27-13-11-9-7-2/h9,11,15-16,19-20,24,26-28,30-32,36,43-44,48H,6-8,10,12-14,17-18,21-23,25,29,33-35,37-42H2,1-5H3/p+1/b11-9-,16-15-,20-19-,28-24-,30-26-,31-27-,36-32+. The monoisotopic (exact) mass is 821 g/mol. The molecule has 0 aromatic heterocycles. The van der Waals surface area contributed by atoms with Gasteiger partial charge in [0.1, 0.15) is 19.8 Å². The van der Waals surface area contributed by atoms with Crippen LogP contribution < -0.4 is 0 Å². The van der Waals surface area contributed by atoms with Crippen LogP contribution in [-0.4, -0.2) is 86.1 Å². The lowest BCUT2D eigenvalue weighted by Gasteiger charge is -2.24. The van der Waals surface area contributed by atoms with Crippen LogP contribution in [0.4, 0.5) is 0 Å². The molecule has 0 fully saturated rings. The van der Waals surface area contributed by atoms with E-state index in [4.69, 9.17) is 18.5 Å². The molecule has 11 heteroatoms. The molecule has 0 radical (unpaired) electrons. The molecular weight excluding hydrogens is 741 g/mol. The number of carbonyl (C=O) groups excluding carboxylic acids is 2. The number of aliphatic hydroxyl groups is 1. The van der Waals surface area contributed by atoms with E-state index in [1.165, 1.54) is 25.7 Å². The van der Waals surface area contributed by atoms with Gasteiger partial charge >= 0.3 is 19.8 Å². The zero-order chi connectivity index (χ0) is 42.3. The van der Waals surface area contributed by atoms with Crippen LogP contribution in [0.1, 0.15) is 136 Å². The van der Waals surface area contributed by atoms with Gasteiger partial charge in [-0.1, -0.05) is 137 Å². The van der Waals surface area contributed by atoms with E-state index in [-0.39, 0.29) is 26.1 Å². The first-order valence-electron chi connectivity index (χ1n) is 21.4. The lowest BCUT2D eigenvalue weighted by atomic mass is 10.1. The highest BCUT2D eigenvalue weighted by molar-refractivity contribution is 7.47. The zero-order valence-corrected chi connectivity index (χ0v) is 37.0. The third kappa shape index (κ3) is 41.1. The van der Waals surface area contributed by atoms with E-state index in [2.05, 4.69) is 44.2 Å². The normalized spacial score (nSPS) is 15.0. The summed E-state index contributed by atoms with van der Waals surface area (Å²) in [6.45, 7) is 4.08. The summed E-state index contributed by atoms with van der Waals surface area (Å²) in [5.41, 5.74) is 0. The molecule has 0 saturated carbocycles. The Balaban J connectivity index is 4.60. The minimum atomic E-state index is -4.41. The van der Waals surface area contributed by atoms with Crippen LogP contribution in [0.25, 0.3) is 0 Å². The Morgan fingerprint density at radius 1 is 0.649 bits per heavy atom. The Bertz CT molecular complexity index is 1260. The average molecular weight is 821 g/mol. The molecule has 57 heavy (non-hydrogen) atoms. The van der Waals surface area contributed by atoms with Gasteiger partial charge in [0.05, 0.1) is 33.9 Å². The Hall–Kier alpha value is -2.85. The van der Waals surface area contributed by atoms with Crippen molar-refractivity contribution in [3.05, 3.63) is 85.1 Å². The summed E-state index contributed by atoms with van der Waals surface area (Å²) >= 11 is 0. The Morgan fingerprint density at radius 3 is 1.93 bits per heavy atom. The van der Waals surface area contributed by atoms with Crippen molar-refractivity contribution in [3.8, 4) is 0 Å². The van der Waals surface area contributed by atoms with Crippen molar-refractivity contribution in [1.29, 1.82) is 0 Å². The number of ether oxygens (including phenoxy) is 2. The molecule has 0 rings (SSSR count). The lowest BCUT2D eigenvalue weighted by molar-refractivity contribution is -0.870. The lowest BCUT2D eigenvalue weighted by Crippen LogP contribution is -2.37. The van der Waals surface area contributed by atoms with Gasteiger partial charge in [-0.15, -0.1) is 0 Å².